The molecule has 0 aromatic heterocycles. The normalized spacial score (nSPS) is 34.6. The standard InChI is InChI=1S/C7H14N2.2ClH/c1-2-9-5-6-3-7(9)4-8-6;;/h6-8H,2-5H2,1H3;2*1H/t6-,7-;;/m0../s1. The van der Waals surface area contributed by atoms with Crippen LogP contribution in [0.5, 0.6) is 0 Å². The van der Waals surface area contributed by atoms with Crippen molar-refractivity contribution < 1.29 is 0 Å². The summed E-state index contributed by atoms with van der Waals surface area (Å²) in [6, 6.07) is 1.70. The van der Waals surface area contributed by atoms with E-state index >= 15 is 0 Å². The summed E-state index contributed by atoms with van der Waals surface area (Å²) in [6.07, 6.45) is 1.40. The Labute approximate surface area is 80.5 Å². The maximum absolute atomic E-state index is 3.48. The van der Waals surface area contributed by atoms with E-state index < -0.39 is 0 Å². The predicted octanol–water partition coefficient (Wildman–Crippen LogP) is 0.896. The first-order valence-corrected chi connectivity index (χ1v) is 3.87. The molecule has 4 heteroatoms. The van der Waals surface area contributed by atoms with E-state index in [9.17, 15) is 0 Å². The number of nitrogens with one attached hydrogen (secondary N) is 1. The summed E-state index contributed by atoms with van der Waals surface area (Å²) in [7, 11) is 0. The minimum absolute atomic E-state index is 0. The third kappa shape index (κ3) is 2.00. The summed E-state index contributed by atoms with van der Waals surface area (Å²) < 4.78 is 0. The number of likely N-dealkylation sites (tertiary alicyclic amines) is 1. The molecule has 2 rings (SSSR count). The van der Waals surface area contributed by atoms with Gasteiger partial charge in [-0.2, -0.15) is 0 Å². The van der Waals surface area contributed by atoms with Gasteiger partial charge in [-0.3, -0.25) is 4.90 Å². The van der Waals surface area contributed by atoms with Crippen LogP contribution in [0.2, 0.25) is 0 Å². The lowest BCUT2D eigenvalue weighted by Crippen LogP contribution is -2.43. The van der Waals surface area contributed by atoms with E-state index in [0.717, 1.165) is 12.1 Å². The van der Waals surface area contributed by atoms with Crippen LogP contribution in [0.1, 0.15) is 13.3 Å². The van der Waals surface area contributed by atoms with E-state index in [1.165, 1.54) is 26.1 Å². The molecule has 2 nitrogen and oxygen atoms in total. The molecule has 2 bridgehead atoms. The van der Waals surface area contributed by atoms with E-state index in [4.69, 9.17) is 0 Å². The van der Waals surface area contributed by atoms with Crippen LogP contribution in [0.25, 0.3) is 0 Å². The van der Waals surface area contributed by atoms with Gasteiger partial charge in [0.1, 0.15) is 0 Å². The average molecular weight is 199 g/mol. The van der Waals surface area contributed by atoms with Crippen molar-refractivity contribution in [2.45, 2.75) is 25.4 Å². The Morgan fingerprint density at radius 2 is 2.18 bits per heavy atom. The smallest absolute Gasteiger partial charge is 0.0236 e. The molecule has 0 aromatic rings. The molecule has 11 heavy (non-hydrogen) atoms. The Hall–Kier alpha value is 0.500. The van der Waals surface area contributed by atoms with Crippen molar-refractivity contribution in [2.24, 2.45) is 0 Å². The number of nitrogens with zero attached hydrogens (tertiary/aromatic N) is 1. The van der Waals surface area contributed by atoms with E-state index in [1.54, 1.807) is 0 Å². The Kier molecular flexibility index (Phi) is 4.71. The summed E-state index contributed by atoms with van der Waals surface area (Å²) in [4.78, 5) is 2.57. The molecule has 0 saturated carbocycles. The molecule has 0 aromatic carbocycles. The number of fused-ring (bicyclic) bond motifs is 2. The molecular formula is C7H16Cl2N2. The molecule has 0 radical (unpaired) electrons. The van der Waals surface area contributed by atoms with Crippen molar-refractivity contribution in [1.29, 1.82) is 0 Å². The third-order valence-electron chi connectivity index (χ3n) is 2.58. The number of hydrogen-bond acceptors (Lipinski definition) is 2. The van der Waals surface area contributed by atoms with E-state index in [1.807, 2.05) is 0 Å². The van der Waals surface area contributed by atoms with Gasteiger partial charge in [0.25, 0.3) is 0 Å². The Balaban J connectivity index is 0.000000500. The summed E-state index contributed by atoms with van der Waals surface area (Å²) in [6.45, 7) is 6.02. The van der Waals surface area contributed by atoms with Gasteiger partial charge in [0, 0.05) is 25.2 Å². The predicted molar refractivity (Wildman–Crippen MR) is 51.9 cm³/mol. The van der Waals surface area contributed by atoms with Crippen LogP contribution in [0.15, 0.2) is 0 Å². The fourth-order valence-corrected chi connectivity index (χ4v) is 2.03. The summed E-state index contributed by atoms with van der Waals surface area (Å²) in [5.74, 6) is 0. The summed E-state index contributed by atoms with van der Waals surface area (Å²) >= 11 is 0. The highest BCUT2D eigenvalue weighted by molar-refractivity contribution is 5.85. The maximum Gasteiger partial charge on any atom is 0.0236 e. The van der Waals surface area contributed by atoms with Crippen LogP contribution in [0, 0.1) is 0 Å². The van der Waals surface area contributed by atoms with Gasteiger partial charge in [-0.15, -0.1) is 24.8 Å². The Bertz CT molecular complexity index is 121. The molecule has 0 unspecified atom stereocenters. The Morgan fingerprint density at radius 3 is 2.45 bits per heavy atom. The van der Waals surface area contributed by atoms with Gasteiger partial charge in [0.05, 0.1) is 0 Å². The lowest BCUT2D eigenvalue weighted by Gasteiger charge is -2.25. The molecule has 2 atom stereocenters. The second-order valence-electron chi connectivity index (χ2n) is 3.08. The van der Waals surface area contributed by atoms with Crippen LogP contribution in [-0.2, 0) is 0 Å². The molecule has 2 saturated heterocycles. The quantitative estimate of drug-likeness (QED) is 0.674. The molecule has 0 amide bonds. The van der Waals surface area contributed by atoms with Crippen LogP contribution in [0.3, 0.4) is 0 Å². The second-order valence-corrected chi connectivity index (χ2v) is 3.08. The molecule has 68 valence electrons. The highest BCUT2D eigenvalue weighted by atomic mass is 35.5. The largest absolute Gasteiger partial charge is 0.311 e. The third-order valence-corrected chi connectivity index (χ3v) is 2.58. The summed E-state index contributed by atoms with van der Waals surface area (Å²) in [5, 5.41) is 3.48. The van der Waals surface area contributed by atoms with Crippen LogP contribution in [-0.4, -0.2) is 36.6 Å². The van der Waals surface area contributed by atoms with Crippen molar-refractivity contribution in [3.63, 3.8) is 0 Å². The molecule has 2 aliphatic rings. The number of rotatable bonds is 1. The van der Waals surface area contributed by atoms with Gasteiger partial charge in [-0.25, -0.2) is 0 Å². The zero-order chi connectivity index (χ0) is 6.27. The van der Waals surface area contributed by atoms with Crippen molar-refractivity contribution in [3.8, 4) is 0 Å². The fraction of sp³-hybridized carbons (Fsp3) is 1.00. The van der Waals surface area contributed by atoms with E-state index in [2.05, 4.69) is 17.1 Å². The topological polar surface area (TPSA) is 15.3 Å². The Morgan fingerprint density at radius 1 is 1.45 bits per heavy atom. The van der Waals surface area contributed by atoms with Gasteiger partial charge < -0.3 is 5.32 Å². The van der Waals surface area contributed by atoms with Gasteiger partial charge >= 0.3 is 0 Å². The van der Waals surface area contributed by atoms with Gasteiger partial charge in [0.15, 0.2) is 0 Å². The lowest BCUT2D eigenvalue weighted by molar-refractivity contribution is 0.238. The molecule has 2 heterocycles. The van der Waals surface area contributed by atoms with Crippen molar-refractivity contribution >= 4 is 24.8 Å². The molecule has 0 aliphatic carbocycles. The van der Waals surface area contributed by atoms with Gasteiger partial charge in [-0.05, 0) is 13.0 Å². The van der Waals surface area contributed by atoms with Crippen LogP contribution >= 0.6 is 24.8 Å². The molecular weight excluding hydrogens is 183 g/mol. The van der Waals surface area contributed by atoms with Crippen LogP contribution in [0.4, 0.5) is 0 Å². The van der Waals surface area contributed by atoms with Crippen LogP contribution < -0.4 is 5.32 Å². The van der Waals surface area contributed by atoms with Gasteiger partial charge in [0.2, 0.25) is 0 Å². The zero-order valence-corrected chi connectivity index (χ0v) is 8.38. The van der Waals surface area contributed by atoms with Crippen molar-refractivity contribution in [2.75, 3.05) is 19.6 Å². The fourth-order valence-electron chi connectivity index (χ4n) is 2.03. The van der Waals surface area contributed by atoms with Crippen molar-refractivity contribution in [3.05, 3.63) is 0 Å². The minimum atomic E-state index is 0. The first-order valence-electron chi connectivity index (χ1n) is 3.87. The molecule has 2 fully saturated rings. The highest BCUT2D eigenvalue weighted by Gasteiger charge is 2.35. The number of piperazine rings is 1. The first kappa shape index (κ1) is 11.5. The highest BCUT2D eigenvalue weighted by Crippen LogP contribution is 2.21. The average Bonchev–Trinajstić information content (AvgIpc) is 2.45. The summed E-state index contributed by atoms with van der Waals surface area (Å²) in [5.41, 5.74) is 0. The molecule has 1 N–H and O–H groups in total. The second kappa shape index (κ2) is 4.51. The maximum atomic E-state index is 3.48. The van der Waals surface area contributed by atoms with E-state index in [-0.39, 0.29) is 24.8 Å². The number of halogens is 2. The van der Waals surface area contributed by atoms with Crippen molar-refractivity contribution in [1.82, 2.24) is 10.2 Å². The van der Waals surface area contributed by atoms with Gasteiger partial charge in [-0.1, -0.05) is 6.92 Å². The SMILES string of the molecule is CCN1C[C@@H]2C[C@H]1CN2.Cl.Cl. The molecule has 2 aliphatic heterocycles. The zero-order valence-electron chi connectivity index (χ0n) is 6.75. The molecule has 0 spiro atoms. The lowest BCUT2D eigenvalue weighted by atomic mass is 10.2. The number of likely N-dealkylation sites (N-methyl/N-ethyl adjacent to an activating group) is 1. The monoisotopic (exact) mass is 198 g/mol. The minimum Gasteiger partial charge on any atom is -0.311 e. The number of hydrogen-bond donors (Lipinski definition) is 1. The van der Waals surface area contributed by atoms with E-state index in [0.29, 0.717) is 0 Å². The first-order chi connectivity index (χ1) is 4.40.